The van der Waals surface area contributed by atoms with Crippen molar-refractivity contribution in [2.75, 3.05) is 13.7 Å². The maximum atomic E-state index is 14.2. The fourth-order valence-corrected chi connectivity index (χ4v) is 3.49. The van der Waals surface area contributed by atoms with E-state index in [1.54, 1.807) is 36.3 Å². The summed E-state index contributed by atoms with van der Waals surface area (Å²) in [4.78, 5) is 14.6. The second kappa shape index (κ2) is 7.23. The van der Waals surface area contributed by atoms with Gasteiger partial charge in [0.05, 0.1) is 13.2 Å². The maximum Gasteiger partial charge on any atom is 0.276 e. The summed E-state index contributed by atoms with van der Waals surface area (Å²) in [6, 6.07) is 15.3. The smallest absolute Gasteiger partial charge is 0.276 e. The van der Waals surface area contributed by atoms with Crippen LogP contribution < -0.4 is 4.74 Å². The number of hydrogen-bond donors (Lipinski definition) is 0. The molecule has 0 bridgehead atoms. The number of rotatable bonds is 4. The molecule has 1 fully saturated rings. The Balaban J connectivity index is 1.57. The molecular formula is C21H19FN2O3. The minimum atomic E-state index is -0.290. The Hall–Kier alpha value is -3.15. The molecule has 0 aliphatic carbocycles. The summed E-state index contributed by atoms with van der Waals surface area (Å²) in [5.74, 6) is 0.701. The van der Waals surface area contributed by atoms with Gasteiger partial charge in [-0.2, -0.15) is 0 Å². The van der Waals surface area contributed by atoms with Crippen molar-refractivity contribution in [3.8, 4) is 17.1 Å². The van der Waals surface area contributed by atoms with Crippen LogP contribution in [-0.2, 0) is 0 Å². The standard InChI is InChI=1S/C21H19FN2O3/c1-26-15-10-8-14(9-11-15)20-13-18(23-27-20)21(25)24-12-4-7-19(24)16-5-2-3-6-17(16)22/h2-3,5-6,8-11,13,19H,4,7,12H2,1H3. The first-order valence-electron chi connectivity index (χ1n) is 8.84. The molecule has 3 aromatic rings. The largest absolute Gasteiger partial charge is 0.497 e. The van der Waals surface area contributed by atoms with E-state index >= 15 is 0 Å². The lowest BCUT2D eigenvalue weighted by Crippen LogP contribution is -2.31. The lowest BCUT2D eigenvalue weighted by Gasteiger charge is -2.24. The molecule has 2 aromatic carbocycles. The lowest BCUT2D eigenvalue weighted by molar-refractivity contribution is 0.0723. The first kappa shape index (κ1) is 17.3. The summed E-state index contributed by atoms with van der Waals surface area (Å²) in [5, 5.41) is 3.94. The highest BCUT2D eigenvalue weighted by Gasteiger charge is 2.33. The fraction of sp³-hybridized carbons (Fsp3) is 0.238. The van der Waals surface area contributed by atoms with Gasteiger partial charge in [0.15, 0.2) is 11.5 Å². The molecule has 1 saturated heterocycles. The van der Waals surface area contributed by atoms with E-state index in [9.17, 15) is 9.18 Å². The van der Waals surface area contributed by atoms with Crippen molar-refractivity contribution < 1.29 is 18.4 Å². The van der Waals surface area contributed by atoms with E-state index in [1.807, 2.05) is 24.3 Å². The maximum absolute atomic E-state index is 14.2. The van der Waals surface area contributed by atoms with E-state index in [4.69, 9.17) is 9.26 Å². The van der Waals surface area contributed by atoms with Gasteiger partial charge in [-0.3, -0.25) is 4.79 Å². The number of amides is 1. The number of nitrogens with zero attached hydrogens (tertiary/aromatic N) is 2. The zero-order valence-corrected chi connectivity index (χ0v) is 14.9. The van der Waals surface area contributed by atoms with Crippen molar-refractivity contribution in [3.05, 3.63) is 71.7 Å². The Kier molecular flexibility index (Phi) is 4.62. The van der Waals surface area contributed by atoms with Crippen molar-refractivity contribution >= 4 is 5.91 Å². The van der Waals surface area contributed by atoms with Crippen LogP contribution in [0.4, 0.5) is 4.39 Å². The summed E-state index contributed by atoms with van der Waals surface area (Å²) in [5.41, 5.74) is 1.57. The van der Waals surface area contributed by atoms with Gasteiger partial charge in [0.25, 0.3) is 5.91 Å². The molecule has 6 heteroatoms. The molecule has 27 heavy (non-hydrogen) atoms. The van der Waals surface area contributed by atoms with Gasteiger partial charge in [-0.05, 0) is 43.2 Å². The Morgan fingerprint density at radius 1 is 1.22 bits per heavy atom. The average molecular weight is 366 g/mol. The molecule has 4 rings (SSSR count). The zero-order valence-electron chi connectivity index (χ0n) is 14.9. The van der Waals surface area contributed by atoms with Crippen LogP contribution >= 0.6 is 0 Å². The number of halogens is 1. The number of ether oxygens (including phenoxy) is 1. The first-order chi connectivity index (χ1) is 13.2. The Labute approximate surface area is 156 Å². The Bertz CT molecular complexity index is 952. The summed E-state index contributed by atoms with van der Waals surface area (Å²) in [7, 11) is 1.60. The molecule has 0 spiro atoms. The summed E-state index contributed by atoms with van der Waals surface area (Å²) >= 11 is 0. The van der Waals surface area contributed by atoms with Gasteiger partial charge >= 0.3 is 0 Å². The molecule has 0 saturated carbocycles. The van der Waals surface area contributed by atoms with Crippen LogP contribution in [0.2, 0.25) is 0 Å². The van der Waals surface area contributed by atoms with E-state index < -0.39 is 0 Å². The number of benzene rings is 2. The monoisotopic (exact) mass is 366 g/mol. The van der Waals surface area contributed by atoms with Gasteiger partial charge in [-0.1, -0.05) is 23.4 Å². The van der Waals surface area contributed by atoms with Crippen molar-refractivity contribution in [1.82, 2.24) is 10.1 Å². The topological polar surface area (TPSA) is 55.6 Å². The third-order valence-electron chi connectivity index (χ3n) is 4.88. The van der Waals surface area contributed by atoms with E-state index in [2.05, 4.69) is 5.16 Å². The predicted octanol–water partition coefficient (Wildman–Crippen LogP) is 4.47. The molecule has 1 aliphatic rings. The molecular weight excluding hydrogens is 347 g/mol. The molecule has 0 radical (unpaired) electrons. The summed E-state index contributed by atoms with van der Waals surface area (Å²) in [6.45, 7) is 0.572. The highest BCUT2D eigenvalue weighted by molar-refractivity contribution is 5.93. The zero-order chi connectivity index (χ0) is 18.8. The van der Waals surface area contributed by atoms with Crippen molar-refractivity contribution in [3.63, 3.8) is 0 Å². The Morgan fingerprint density at radius 2 is 2.00 bits per heavy atom. The number of likely N-dealkylation sites (tertiary alicyclic amines) is 1. The first-order valence-corrected chi connectivity index (χ1v) is 8.84. The summed E-state index contributed by atoms with van der Waals surface area (Å²) < 4.78 is 24.7. The minimum absolute atomic E-state index is 0.226. The van der Waals surface area contributed by atoms with E-state index in [-0.39, 0.29) is 23.5 Å². The van der Waals surface area contributed by atoms with Crippen molar-refractivity contribution in [2.24, 2.45) is 0 Å². The van der Waals surface area contributed by atoms with Crippen LogP contribution in [0.5, 0.6) is 5.75 Å². The normalized spacial score (nSPS) is 16.5. The third-order valence-corrected chi connectivity index (χ3v) is 4.88. The number of methoxy groups -OCH3 is 1. The lowest BCUT2D eigenvalue weighted by atomic mass is 10.0. The number of hydrogen-bond acceptors (Lipinski definition) is 4. The van der Waals surface area contributed by atoms with E-state index in [0.29, 0.717) is 17.9 Å². The van der Waals surface area contributed by atoms with Crippen molar-refractivity contribution in [1.29, 1.82) is 0 Å². The van der Waals surface area contributed by atoms with Gasteiger partial charge < -0.3 is 14.2 Å². The quantitative estimate of drug-likeness (QED) is 0.684. The van der Waals surface area contributed by atoms with Gasteiger partial charge in [0, 0.05) is 23.7 Å². The van der Waals surface area contributed by atoms with Crippen LogP contribution in [-0.4, -0.2) is 29.6 Å². The predicted molar refractivity (Wildman–Crippen MR) is 97.9 cm³/mol. The highest BCUT2D eigenvalue weighted by atomic mass is 19.1. The second-order valence-electron chi connectivity index (χ2n) is 6.48. The fourth-order valence-electron chi connectivity index (χ4n) is 3.49. The summed E-state index contributed by atoms with van der Waals surface area (Å²) in [6.07, 6.45) is 1.56. The van der Waals surface area contributed by atoms with Crippen LogP contribution in [0.3, 0.4) is 0 Å². The molecule has 1 unspecified atom stereocenters. The number of carbonyl (C=O) groups excluding carboxylic acids is 1. The average Bonchev–Trinajstić information content (AvgIpc) is 3.38. The molecule has 138 valence electrons. The molecule has 2 heterocycles. The van der Waals surface area contributed by atoms with Crippen LogP contribution in [0.15, 0.2) is 59.1 Å². The molecule has 1 atom stereocenters. The van der Waals surface area contributed by atoms with Crippen molar-refractivity contribution in [2.45, 2.75) is 18.9 Å². The molecule has 5 nitrogen and oxygen atoms in total. The highest BCUT2D eigenvalue weighted by Crippen LogP contribution is 2.34. The van der Waals surface area contributed by atoms with E-state index in [0.717, 1.165) is 24.2 Å². The second-order valence-corrected chi connectivity index (χ2v) is 6.48. The minimum Gasteiger partial charge on any atom is -0.497 e. The van der Waals surface area contributed by atoms with Gasteiger partial charge in [0.1, 0.15) is 11.6 Å². The Morgan fingerprint density at radius 3 is 2.74 bits per heavy atom. The van der Waals surface area contributed by atoms with Crippen LogP contribution in [0, 0.1) is 5.82 Å². The van der Waals surface area contributed by atoms with Gasteiger partial charge in [0.2, 0.25) is 0 Å². The molecule has 1 amide bonds. The third kappa shape index (κ3) is 3.30. The molecule has 1 aliphatic heterocycles. The molecule has 0 N–H and O–H groups in total. The van der Waals surface area contributed by atoms with E-state index in [1.165, 1.54) is 6.07 Å². The SMILES string of the molecule is COc1ccc(-c2cc(C(=O)N3CCCC3c3ccccc3F)no2)cc1. The van der Waals surface area contributed by atoms with Crippen LogP contribution in [0.25, 0.3) is 11.3 Å². The van der Waals surface area contributed by atoms with Gasteiger partial charge in [-0.25, -0.2) is 4.39 Å². The van der Waals surface area contributed by atoms with Gasteiger partial charge in [-0.15, -0.1) is 0 Å². The molecule has 1 aromatic heterocycles. The number of aromatic nitrogens is 1. The number of carbonyl (C=O) groups is 1. The van der Waals surface area contributed by atoms with Crippen LogP contribution in [0.1, 0.15) is 34.9 Å².